The molecule has 10 heterocycles. The molecule has 19 N–H and O–H groups in total. The molecule has 5 aromatic heterocycles. The van der Waals surface area contributed by atoms with E-state index >= 15 is 33.6 Å². The number of fused-ring (bicyclic) bond motifs is 14. The first-order valence-electron chi connectivity index (χ1n) is 44.2. The van der Waals surface area contributed by atoms with Crippen molar-refractivity contribution in [1.82, 2.24) is 103 Å². The van der Waals surface area contributed by atoms with Crippen LogP contribution in [0.3, 0.4) is 0 Å². The number of nitrogens with zero attached hydrogens (tertiary/aromatic N) is 7. The number of nitrogens with one attached hydrogen (secondary N) is 13. The fourth-order valence-electron chi connectivity index (χ4n) is 16.2. The highest BCUT2D eigenvalue weighted by Gasteiger charge is 2.44. The second-order valence-corrected chi connectivity index (χ2v) is 37.5. The summed E-state index contributed by atoms with van der Waals surface area (Å²) < 4.78 is 0. The highest BCUT2D eigenvalue weighted by molar-refractivity contribution is 8.00. The highest BCUT2D eigenvalue weighted by Crippen LogP contribution is 2.27. The summed E-state index contributed by atoms with van der Waals surface area (Å²) in [5, 5.41) is 51.9. The number of carbonyl (C=O) groups excluding carboxylic acids is 16. The Labute approximate surface area is 783 Å². The molecule has 0 spiro atoms. The Hall–Kier alpha value is -13.1. The Morgan fingerprint density at radius 1 is 0.478 bits per heavy atom. The number of amides is 16. The lowest BCUT2D eigenvalue weighted by Gasteiger charge is -2.32. The number of aliphatic carboxylic acids is 1. The summed E-state index contributed by atoms with van der Waals surface area (Å²) in [7, 11) is 0. The number of pyridine rings is 3. The molecule has 5 aliphatic rings. The summed E-state index contributed by atoms with van der Waals surface area (Å²) in [5.41, 5.74) is 16.3. The van der Waals surface area contributed by atoms with Crippen molar-refractivity contribution in [3.63, 3.8) is 0 Å². The summed E-state index contributed by atoms with van der Waals surface area (Å²) in [6, 6.07) is 10.6. The van der Waals surface area contributed by atoms with E-state index in [9.17, 15) is 58.2 Å². The molecule has 2 aromatic carbocycles. The van der Waals surface area contributed by atoms with Crippen molar-refractivity contribution in [2.24, 2.45) is 23.3 Å². The molecule has 5 aliphatic heterocycles. The fraction of sp³-hybridized carbons (Fsp3) is 0.467. The van der Waals surface area contributed by atoms with Crippen LogP contribution in [0.5, 0.6) is 0 Å². The van der Waals surface area contributed by atoms with Gasteiger partial charge in [0.05, 0.1) is 116 Å². The fourth-order valence-corrected chi connectivity index (χ4v) is 19.1. The highest BCUT2D eigenvalue weighted by atomic mass is 32.2. The SMILES string of the molecule is CC(C)[C@@H]1NC(=O)[C@H](Cc2c[nH]c3ccccc23)NC(=O)[C@@H]2CSCC(=O)N3Cc4cccc(n4)CN(Cc4cccc(n4)CN(Cc4cccc(n4)C3)C(=O)CSC[C@H](NC(=O)[C@H](C)N)C(=O)N[C@@H]3C(=O)N[C@@H](CCC[C@H]3O)C(=O)N2)C(=O)CSC[C@@H](C(N)=O)NC(=O)[C@@H]2CCCN2C(=O)[C@H](C(C)C)NC(=O)[C@H](Cc2c[nH]c3ccccc23)NC(=O)CNC(=O)[C@H](CC(=O)O)NC1=O. The Morgan fingerprint density at radius 3 is 1.45 bits per heavy atom. The number of aromatic nitrogens is 5. The first-order valence-corrected chi connectivity index (χ1v) is 47.6. The van der Waals surface area contributed by atoms with Gasteiger partial charge in [0.2, 0.25) is 94.5 Å². The van der Waals surface area contributed by atoms with Crippen molar-refractivity contribution in [3.8, 4) is 0 Å². The zero-order valence-electron chi connectivity index (χ0n) is 74.5. The van der Waals surface area contributed by atoms with Crippen molar-refractivity contribution in [1.29, 1.82) is 0 Å². The number of benzene rings is 2. The van der Waals surface area contributed by atoms with Gasteiger partial charge in [-0.3, -0.25) is 96.5 Å². The van der Waals surface area contributed by atoms with Gasteiger partial charge < -0.3 is 110 Å². The van der Waals surface area contributed by atoms with Gasteiger partial charge in [0.15, 0.2) is 0 Å². The second-order valence-electron chi connectivity index (χ2n) is 34.4. The minimum atomic E-state index is -1.96. The van der Waals surface area contributed by atoms with Crippen LogP contribution in [0, 0.1) is 11.8 Å². The zero-order valence-corrected chi connectivity index (χ0v) is 77.0. The number of rotatable bonds is 11. The molecule has 44 heteroatoms. The van der Waals surface area contributed by atoms with Crippen LogP contribution in [-0.4, -0.2) is 281 Å². The van der Waals surface area contributed by atoms with Crippen LogP contribution < -0.4 is 70.0 Å². The van der Waals surface area contributed by atoms with Gasteiger partial charge in [-0.05, 0) is 111 Å². The number of aliphatic hydroxyl groups excluding tert-OH is 1. The minimum Gasteiger partial charge on any atom is -0.481 e. The van der Waals surface area contributed by atoms with Gasteiger partial charge in [-0.1, -0.05) is 82.3 Å². The van der Waals surface area contributed by atoms with Crippen molar-refractivity contribution in [3.05, 3.63) is 161 Å². The number of thioether (sulfide) groups is 3. The lowest BCUT2D eigenvalue weighted by atomic mass is 9.97. The first kappa shape index (κ1) is 99.9. The van der Waals surface area contributed by atoms with Gasteiger partial charge in [0, 0.05) is 70.8 Å². The zero-order chi connectivity index (χ0) is 96.1. The maximum Gasteiger partial charge on any atom is 0.305 e. The predicted molar refractivity (Wildman–Crippen MR) is 493 cm³/mol. The third-order valence-corrected chi connectivity index (χ3v) is 26.5. The molecule has 13 atom stereocenters. The largest absolute Gasteiger partial charge is 0.481 e. The molecule has 0 radical (unpaired) electrons. The van der Waals surface area contributed by atoms with Crippen LogP contribution in [0.1, 0.15) is 118 Å². The van der Waals surface area contributed by atoms with E-state index < -0.39 is 215 Å². The number of aliphatic hydroxyl groups is 1. The number of H-pyrrole nitrogens is 2. The van der Waals surface area contributed by atoms with E-state index in [2.05, 4.69) is 68.5 Å². The van der Waals surface area contributed by atoms with Crippen LogP contribution in [-0.2, 0) is 134 Å². The van der Waals surface area contributed by atoms with Crippen molar-refractivity contribution >= 4 is 158 Å². The first-order chi connectivity index (χ1) is 64.1. The molecule has 16 amide bonds. The molecule has 0 saturated carbocycles. The summed E-state index contributed by atoms with van der Waals surface area (Å²) in [6.45, 7) is 5.62. The molecule has 0 aliphatic carbocycles. The summed E-state index contributed by atoms with van der Waals surface area (Å²) >= 11 is 2.74. The molecule has 714 valence electrons. The van der Waals surface area contributed by atoms with Crippen LogP contribution in [0.25, 0.3) is 21.8 Å². The van der Waals surface area contributed by atoms with Gasteiger partial charge in [-0.15, -0.1) is 35.3 Å². The molecule has 0 unspecified atom stereocenters. The second kappa shape index (κ2) is 46.5. The summed E-state index contributed by atoms with van der Waals surface area (Å²) in [4.78, 5) is 276. The molecule has 7 aromatic rings. The number of hydrogen-bond acceptors (Lipinski definition) is 25. The van der Waals surface area contributed by atoms with Crippen molar-refractivity contribution < 1.29 is 91.7 Å². The molecule has 12 bridgehead atoms. The number of primary amides is 1. The summed E-state index contributed by atoms with van der Waals surface area (Å²) in [6.07, 6.45) is 0.0929. The number of carboxylic acid groups (broad SMARTS) is 1. The Balaban J connectivity index is 0.938. The van der Waals surface area contributed by atoms with Crippen molar-refractivity contribution in [2.75, 3.05) is 47.6 Å². The number of carbonyl (C=O) groups is 17. The van der Waals surface area contributed by atoms with Crippen LogP contribution >= 0.6 is 35.3 Å². The number of hydrogen-bond donors (Lipinski definition) is 17. The number of nitrogens with two attached hydrogens (primary N) is 2. The molecule has 41 nitrogen and oxygen atoms in total. The lowest BCUT2D eigenvalue weighted by molar-refractivity contribution is -0.143. The van der Waals surface area contributed by atoms with Crippen LogP contribution in [0.2, 0.25) is 0 Å². The third-order valence-electron chi connectivity index (χ3n) is 23.5. The van der Waals surface area contributed by atoms with E-state index in [0.717, 1.165) is 35.3 Å². The Kier molecular flexibility index (Phi) is 34.7. The van der Waals surface area contributed by atoms with E-state index in [1.807, 2.05) is 0 Å². The maximum absolute atomic E-state index is 15.7. The van der Waals surface area contributed by atoms with E-state index in [1.165, 1.54) is 40.4 Å². The number of aromatic amines is 2. The topological polar surface area (TPSA) is 598 Å². The molecule has 2 saturated heterocycles. The lowest BCUT2D eigenvalue weighted by Crippen LogP contribution is -2.63. The van der Waals surface area contributed by atoms with E-state index in [1.54, 1.807) is 129 Å². The van der Waals surface area contributed by atoms with E-state index in [0.29, 0.717) is 73.5 Å². The maximum atomic E-state index is 15.7. The molecular formula is C90H112N22O19S3. The van der Waals surface area contributed by atoms with Gasteiger partial charge in [-0.25, -0.2) is 0 Å². The minimum absolute atomic E-state index is 0.0182. The molecule has 134 heavy (non-hydrogen) atoms. The van der Waals surface area contributed by atoms with Crippen LogP contribution in [0.15, 0.2) is 116 Å². The van der Waals surface area contributed by atoms with Gasteiger partial charge in [0.1, 0.15) is 66.5 Å². The average Bonchev–Trinajstić information content (AvgIpc) is 1.71. The smallest absolute Gasteiger partial charge is 0.305 e. The predicted octanol–water partition coefficient (Wildman–Crippen LogP) is -1.43. The van der Waals surface area contributed by atoms with Gasteiger partial charge in [-0.2, -0.15) is 0 Å². The number of para-hydroxylation sites is 2. The standard InChI is InChI=1S/C90H112N22O19S3/c1-47(2)76-88(129)102-65(31-75(118)119)81(122)95-34-71(114)99-63(29-50-32-93-60-23-8-6-21-58(50)60)83(124)107-77(48(3)4)90(131)112-28-14-26-69(112)87(128)103-66(79(92)120)41-132-44-72(115)109-35-52-15-10-17-54(96-52)37-110-38-55-19-12-20-57(98-55)40-111(39-56-18-11-16-53(36-109)97-56)74(117)46-134-43-68(104-80(121)49(5)91)86(127)108-78-70(113)27-13-25-62(100-89(78)130)82(123)105-67(42-133-45-73(110)116)85(126)101-64(84(125)106-76)30-51-33-94-61-24-9-7-22-59(51)61/h6-12,15-24,32-33,47-49,62-70,76-78,93-94,113H,13-14,25-31,34-46,91H2,1-5H3,(H2,92,120)(H,95,122)(H,99,114)(H,100,130)(H,101,126)(H,102,129)(H,103,128)(H,104,121)(H,105,123)(H,106,125)(H,107,124)(H,108,127)(H,118,119)/t49-,62-,63-,64-,65-,66-,67-,68-,69-,70+,76-,77-,78-/m0/s1. The van der Waals surface area contributed by atoms with Gasteiger partial charge in [0.25, 0.3) is 0 Å². The normalized spacial score (nSPS) is 24.7. The molecular weight excluding hydrogens is 1790 g/mol. The average molecular weight is 1900 g/mol. The molecule has 2 fully saturated rings. The monoisotopic (exact) mass is 1900 g/mol. The Bertz CT molecular complexity index is 5560. The van der Waals surface area contributed by atoms with E-state index in [-0.39, 0.29) is 107 Å². The van der Waals surface area contributed by atoms with Crippen LogP contribution in [0.4, 0.5) is 0 Å². The Morgan fingerprint density at radius 2 is 0.948 bits per heavy atom. The molecule has 12 rings (SSSR count). The van der Waals surface area contributed by atoms with Crippen molar-refractivity contribution in [2.45, 2.75) is 204 Å². The summed E-state index contributed by atoms with van der Waals surface area (Å²) in [5.74, 6) is -19.5. The number of carboxylic acids is 1. The quantitative estimate of drug-likeness (QED) is 0.0706. The van der Waals surface area contributed by atoms with Gasteiger partial charge >= 0.3 is 5.97 Å². The third kappa shape index (κ3) is 26.9. The van der Waals surface area contributed by atoms with E-state index in [4.69, 9.17) is 26.4 Å².